The van der Waals surface area contributed by atoms with Crippen LogP contribution >= 0.6 is 11.6 Å². The summed E-state index contributed by atoms with van der Waals surface area (Å²) in [5.74, 6) is 1.47. The average molecular weight is 336 g/mol. The van der Waals surface area contributed by atoms with Crippen molar-refractivity contribution in [3.63, 3.8) is 0 Å². The van der Waals surface area contributed by atoms with Gasteiger partial charge >= 0.3 is 0 Å². The highest BCUT2D eigenvalue weighted by molar-refractivity contribution is 6.31. The molecule has 2 nitrogen and oxygen atoms in total. The van der Waals surface area contributed by atoms with Crippen LogP contribution in [0.2, 0.25) is 5.02 Å². The van der Waals surface area contributed by atoms with Gasteiger partial charge in [0.25, 0.3) is 0 Å². The molecule has 2 aliphatic rings. The molecule has 1 aromatic rings. The second kappa shape index (κ2) is 8.19. The summed E-state index contributed by atoms with van der Waals surface area (Å²) in [6.45, 7) is 4.67. The van der Waals surface area contributed by atoms with E-state index >= 15 is 0 Å². The maximum atomic E-state index is 8.58. The number of halogens is 1. The van der Waals surface area contributed by atoms with E-state index in [4.69, 9.17) is 16.4 Å². The molecule has 2 fully saturated rings. The molecule has 0 radical (unpaired) electrons. The molecule has 3 rings (SSSR count). The molecule has 1 unspecified atom stereocenters. The van der Waals surface area contributed by atoms with Gasteiger partial charge in [-0.15, -0.1) is 0 Å². The Morgan fingerprint density at radius 3 is 2.30 bits per heavy atom. The van der Waals surface area contributed by atoms with Crippen molar-refractivity contribution in [1.29, 1.82) is 0 Å². The molecule has 0 aromatic heterocycles. The smallest absolute Gasteiger partial charge is 0.204 e. The average Bonchev–Trinajstić information content (AvgIpc) is 3.32. The Morgan fingerprint density at radius 2 is 1.83 bits per heavy atom. The van der Waals surface area contributed by atoms with Gasteiger partial charge in [-0.3, -0.25) is 4.79 Å². The third kappa shape index (κ3) is 4.09. The van der Waals surface area contributed by atoms with Gasteiger partial charge in [0.1, 0.15) is 0 Å². The molecular weight excluding hydrogens is 306 g/mol. The number of hydrogen-bond acceptors (Lipinski definition) is 1. The third-order valence-corrected chi connectivity index (χ3v) is 6.40. The molecule has 2 N–H and O–H groups in total. The molecule has 3 heteroatoms. The molecule has 0 bridgehead atoms. The lowest BCUT2D eigenvalue weighted by atomic mass is 9.83. The summed E-state index contributed by atoms with van der Waals surface area (Å²) in [4.78, 5) is 8.58. The second-order valence-electron chi connectivity index (χ2n) is 7.08. The first-order valence-electron chi connectivity index (χ1n) is 9.06. The lowest BCUT2D eigenvalue weighted by molar-refractivity contribution is -0.106. The number of benzene rings is 1. The number of primary amides is 1. The highest BCUT2D eigenvalue weighted by Crippen LogP contribution is 2.63. The Balaban J connectivity index is 0.000000595. The highest BCUT2D eigenvalue weighted by atomic mass is 35.5. The van der Waals surface area contributed by atoms with Crippen LogP contribution < -0.4 is 5.73 Å². The van der Waals surface area contributed by atoms with Crippen molar-refractivity contribution >= 4 is 18.0 Å². The van der Waals surface area contributed by atoms with Gasteiger partial charge in [-0.25, -0.2) is 0 Å². The Hall–Kier alpha value is -1.02. The zero-order chi connectivity index (χ0) is 16.9. The van der Waals surface area contributed by atoms with Crippen LogP contribution in [0.5, 0.6) is 0 Å². The number of carbonyl (C=O) groups is 1. The monoisotopic (exact) mass is 335 g/mol. The van der Waals surface area contributed by atoms with Crippen molar-refractivity contribution in [3.05, 3.63) is 34.3 Å². The van der Waals surface area contributed by atoms with Crippen LogP contribution in [0, 0.1) is 5.41 Å². The molecule has 2 saturated carbocycles. The summed E-state index contributed by atoms with van der Waals surface area (Å²) in [6.07, 6.45) is 11.0. The maximum Gasteiger partial charge on any atom is 0.204 e. The van der Waals surface area contributed by atoms with Crippen molar-refractivity contribution in [2.24, 2.45) is 11.1 Å². The van der Waals surface area contributed by atoms with E-state index in [-0.39, 0.29) is 6.41 Å². The molecule has 1 aromatic carbocycles. The minimum atomic E-state index is 0.250. The summed E-state index contributed by atoms with van der Waals surface area (Å²) in [5.41, 5.74) is 7.64. The molecule has 23 heavy (non-hydrogen) atoms. The first-order valence-corrected chi connectivity index (χ1v) is 9.44. The number of hydrogen-bond donors (Lipinski definition) is 1. The fraction of sp³-hybridized carbons (Fsp3) is 0.650. The molecular formula is C20H30ClNO. The van der Waals surface area contributed by atoms with E-state index in [2.05, 4.69) is 37.8 Å². The Bertz CT molecular complexity index is 518. The zero-order valence-corrected chi connectivity index (χ0v) is 15.2. The Labute approximate surface area is 145 Å². The van der Waals surface area contributed by atoms with Crippen molar-refractivity contribution in [1.82, 2.24) is 0 Å². The largest absolute Gasteiger partial charge is 0.372 e. The lowest BCUT2D eigenvalue weighted by Gasteiger charge is -2.23. The second-order valence-corrected chi connectivity index (χ2v) is 7.49. The fourth-order valence-electron chi connectivity index (χ4n) is 4.36. The van der Waals surface area contributed by atoms with E-state index in [0.29, 0.717) is 11.3 Å². The van der Waals surface area contributed by atoms with Crippen LogP contribution in [0.3, 0.4) is 0 Å². The molecule has 128 valence electrons. The first kappa shape index (κ1) is 18.3. The van der Waals surface area contributed by atoms with Crippen molar-refractivity contribution < 1.29 is 4.79 Å². The molecule has 1 atom stereocenters. The van der Waals surface area contributed by atoms with Crippen LogP contribution in [0.25, 0.3) is 0 Å². The summed E-state index contributed by atoms with van der Waals surface area (Å²) < 4.78 is 0. The normalized spacial score (nSPS) is 22.8. The van der Waals surface area contributed by atoms with Crippen LogP contribution in [0.4, 0.5) is 0 Å². The van der Waals surface area contributed by atoms with Gasteiger partial charge in [0.05, 0.1) is 0 Å². The Kier molecular flexibility index (Phi) is 6.52. The van der Waals surface area contributed by atoms with E-state index in [1.165, 1.54) is 62.5 Å². The minimum Gasteiger partial charge on any atom is -0.372 e. The first-order chi connectivity index (χ1) is 11.1. The fourth-order valence-corrected chi connectivity index (χ4v) is 4.70. The SMILES string of the molecule is CCC1(CC)CC1c1ccc(C2CCCCC2)c(Cl)c1.NC=O. The number of carbonyl (C=O) groups excluding carboxylic acids is 1. The van der Waals surface area contributed by atoms with Gasteiger partial charge in [-0.05, 0) is 66.5 Å². The molecule has 0 heterocycles. The molecule has 0 spiro atoms. The third-order valence-electron chi connectivity index (χ3n) is 6.07. The van der Waals surface area contributed by atoms with Crippen LogP contribution in [-0.4, -0.2) is 6.41 Å². The zero-order valence-electron chi connectivity index (χ0n) is 14.5. The minimum absolute atomic E-state index is 0.250. The summed E-state index contributed by atoms with van der Waals surface area (Å²) in [6, 6.07) is 6.98. The van der Waals surface area contributed by atoms with E-state index in [9.17, 15) is 0 Å². The van der Waals surface area contributed by atoms with Gasteiger partial charge in [-0.1, -0.05) is 56.8 Å². The topological polar surface area (TPSA) is 43.1 Å². The van der Waals surface area contributed by atoms with Crippen molar-refractivity contribution in [3.8, 4) is 0 Å². The van der Waals surface area contributed by atoms with Gasteiger partial charge in [0.15, 0.2) is 0 Å². The number of rotatable bonds is 4. The summed E-state index contributed by atoms with van der Waals surface area (Å²) in [5, 5.41) is 1.03. The lowest BCUT2D eigenvalue weighted by Crippen LogP contribution is -2.05. The van der Waals surface area contributed by atoms with Gasteiger partial charge in [0.2, 0.25) is 6.41 Å². The van der Waals surface area contributed by atoms with Crippen molar-refractivity contribution in [2.45, 2.75) is 77.0 Å². The molecule has 1 amide bonds. The number of nitrogens with two attached hydrogens (primary N) is 1. The van der Waals surface area contributed by atoms with Crippen LogP contribution in [0.15, 0.2) is 18.2 Å². The molecule has 2 aliphatic carbocycles. The van der Waals surface area contributed by atoms with E-state index in [1.807, 2.05) is 0 Å². The Morgan fingerprint density at radius 1 is 1.22 bits per heavy atom. The summed E-state index contributed by atoms with van der Waals surface area (Å²) >= 11 is 6.61. The van der Waals surface area contributed by atoms with Gasteiger partial charge < -0.3 is 5.73 Å². The van der Waals surface area contributed by atoms with Gasteiger partial charge in [-0.2, -0.15) is 0 Å². The van der Waals surface area contributed by atoms with E-state index in [0.717, 1.165) is 10.9 Å². The van der Waals surface area contributed by atoms with Gasteiger partial charge in [0, 0.05) is 5.02 Å². The quantitative estimate of drug-likeness (QED) is 0.696. The molecule has 0 aliphatic heterocycles. The van der Waals surface area contributed by atoms with Crippen LogP contribution in [-0.2, 0) is 4.79 Å². The number of amides is 1. The standard InChI is InChI=1S/C19H27Cl.CH3NO/c1-3-19(4-2)13-17(19)15-10-11-16(18(20)12-15)14-8-6-5-7-9-14;2-1-3/h10-12,14,17H,3-9,13H2,1-2H3;1H,(H2,2,3). The maximum absolute atomic E-state index is 8.58. The predicted molar refractivity (Wildman–Crippen MR) is 97.9 cm³/mol. The highest BCUT2D eigenvalue weighted by Gasteiger charge is 2.51. The predicted octanol–water partition coefficient (Wildman–Crippen LogP) is 5.78. The van der Waals surface area contributed by atoms with Crippen molar-refractivity contribution in [2.75, 3.05) is 0 Å². The van der Waals surface area contributed by atoms with Crippen LogP contribution in [0.1, 0.15) is 88.2 Å². The van der Waals surface area contributed by atoms with E-state index < -0.39 is 0 Å². The summed E-state index contributed by atoms with van der Waals surface area (Å²) in [7, 11) is 0. The van der Waals surface area contributed by atoms with E-state index in [1.54, 1.807) is 0 Å². The molecule has 0 saturated heterocycles.